The highest BCUT2D eigenvalue weighted by atomic mass is 16.5. The molecule has 2 fully saturated rings. The van der Waals surface area contributed by atoms with E-state index in [2.05, 4.69) is 0 Å². The SMILES string of the molecule is Cc1ccc(C([O-])=C2C(=O)C(=O)N(CC[NH+]3CCOCC3)C2c2ccccc2)cc1. The van der Waals surface area contributed by atoms with Gasteiger partial charge < -0.3 is 19.6 Å². The number of rotatable bonds is 5. The largest absolute Gasteiger partial charge is 0.872 e. The van der Waals surface area contributed by atoms with Gasteiger partial charge in [-0.05, 0) is 18.1 Å². The van der Waals surface area contributed by atoms with E-state index in [1.807, 2.05) is 49.4 Å². The first-order chi connectivity index (χ1) is 14.6. The lowest BCUT2D eigenvalue weighted by molar-refractivity contribution is -0.907. The summed E-state index contributed by atoms with van der Waals surface area (Å²) in [6.45, 7) is 6.24. The predicted molar refractivity (Wildman–Crippen MR) is 110 cm³/mol. The van der Waals surface area contributed by atoms with Crippen molar-refractivity contribution in [3.8, 4) is 0 Å². The molecule has 0 spiro atoms. The standard InChI is InChI=1S/C24H26N2O4/c1-17-7-9-19(10-8-17)22(27)20-21(18-5-3-2-4-6-18)26(24(29)23(20)28)12-11-25-13-15-30-16-14-25/h2-10,21,27H,11-16H2,1H3. The molecule has 2 saturated heterocycles. The van der Waals surface area contributed by atoms with Gasteiger partial charge in [-0.25, -0.2) is 0 Å². The number of nitrogens with zero attached hydrogens (tertiary/aromatic N) is 1. The molecule has 2 aromatic carbocycles. The van der Waals surface area contributed by atoms with Crippen LogP contribution in [-0.4, -0.2) is 56.0 Å². The van der Waals surface area contributed by atoms with Crippen LogP contribution < -0.4 is 10.0 Å². The smallest absolute Gasteiger partial charge is 0.295 e. The van der Waals surface area contributed by atoms with Crippen LogP contribution >= 0.6 is 0 Å². The first-order valence-corrected chi connectivity index (χ1v) is 10.4. The summed E-state index contributed by atoms with van der Waals surface area (Å²) in [5.41, 5.74) is 2.29. The van der Waals surface area contributed by atoms with E-state index in [-0.39, 0.29) is 11.3 Å². The second kappa shape index (κ2) is 8.81. The van der Waals surface area contributed by atoms with Crippen LogP contribution in [0.1, 0.15) is 22.7 Å². The minimum atomic E-state index is -0.689. The zero-order valence-electron chi connectivity index (χ0n) is 17.1. The van der Waals surface area contributed by atoms with Crippen molar-refractivity contribution in [1.82, 2.24) is 4.90 Å². The van der Waals surface area contributed by atoms with Gasteiger partial charge >= 0.3 is 0 Å². The van der Waals surface area contributed by atoms with Crippen molar-refractivity contribution < 1.29 is 24.3 Å². The van der Waals surface area contributed by atoms with Gasteiger partial charge in [0.2, 0.25) is 5.78 Å². The van der Waals surface area contributed by atoms with Gasteiger partial charge in [0.25, 0.3) is 5.91 Å². The first kappa shape index (κ1) is 20.3. The summed E-state index contributed by atoms with van der Waals surface area (Å²) in [5.74, 6) is -1.65. The van der Waals surface area contributed by atoms with Gasteiger partial charge in [-0.2, -0.15) is 0 Å². The Labute approximate surface area is 176 Å². The van der Waals surface area contributed by atoms with Crippen LogP contribution in [-0.2, 0) is 14.3 Å². The molecule has 6 heteroatoms. The average Bonchev–Trinajstić information content (AvgIpc) is 3.04. The molecule has 6 nitrogen and oxygen atoms in total. The highest BCUT2D eigenvalue weighted by molar-refractivity contribution is 6.46. The van der Waals surface area contributed by atoms with Gasteiger partial charge in [-0.15, -0.1) is 0 Å². The number of quaternary nitrogens is 1. The topological polar surface area (TPSA) is 74.1 Å². The van der Waals surface area contributed by atoms with Crippen molar-refractivity contribution in [2.45, 2.75) is 13.0 Å². The molecule has 2 aromatic rings. The summed E-state index contributed by atoms with van der Waals surface area (Å²) in [6, 6.07) is 15.8. The zero-order chi connectivity index (χ0) is 21.1. The Balaban J connectivity index is 1.71. The molecule has 1 atom stereocenters. The van der Waals surface area contributed by atoms with Crippen LogP contribution in [0.2, 0.25) is 0 Å². The number of amides is 1. The second-order valence-electron chi connectivity index (χ2n) is 7.86. The van der Waals surface area contributed by atoms with E-state index in [9.17, 15) is 14.7 Å². The number of ketones is 1. The van der Waals surface area contributed by atoms with Crippen molar-refractivity contribution in [1.29, 1.82) is 0 Å². The van der Waals surface area contributed by atoms with Gasteiger partial charge in [0.1, 0.15) is 13.1 Å². The number of carbonyl (C=O) groups is 2. The van der Waals surface area contributed by atoms with E-state index in [0.29, 0.717) is 25.3 Å². The van der Waals surface area contributed by atoms with E-state index >= 15 is 0 Å². The number of hydrogen-bond acceptors (Lipinski definition) is 4. The summed E-state index contributed by atoms with van der Waals surface area (Å²) in [7, 11) is 0. The molecular formula is C24H26N2O4. The molecule has 2 aliphatic rings. The number of nitrogens with one attached hydrogen (secondary N) is 1. The molecule has 0 bridgehead atoms. The fourth-order valence-corrected chi connectivity index (χ4v) is 4.13. The molecule has 0 aliphatic carbocycles. The first-order valence-electron chi connectivity index (χ1n) is 10.4. The van der Waals surface area contributed by atoms with Crippen molar-refractivity contribution in [3.05, 3.63) is 76.9 Å². The van der Waals surface area contributed by atoms with Crippen LogP contribution in [0.25, 0.3) is 5.76 Å². The average molecular weight is 406 g/mol. The van der Waals surface area contributed by atoms with Gasteiger partial charge in [-0.3, -0.25) is 9.59 Å². The van der Waals surface area contributed by atoms with Crippen molar-refractivity contribution in [2.24, 2.45) is 0 Å². The molecule has 156 valence electrons. The predicted octanol–water partition coefficient (Wildman–Crippen LogP) is 0.134. The number of ether oxygens (including phenoxy) is 1. The molecule has 0 aromatic heterocycles. The van der Waals surface area contributed by atoms with Gasteiger partial charge in [0.05, 0.1) is 32.3 Å². The lowest BCUT2D eigenvalue weighted by Crippen LogP contribution is -3.14. The highest BCUT2D eigenvalue weighted by Crippen LogP contribution is 2.38. The number of benzene rings is 2. The monoisotopic (exact) mass is 406 g/mol. The summed E-state index contributed by atoms with van der Waals surface area (Å²) in [5, 5.41) is 13.3. The van der Waals surface area contributed by atoms with Crippen molar-refractivity contribution in [3.63, 3.8) is 0 Å². The number of likely N-dealkylation sites (tertiary alicyclic amines) is 1. The minimum Gasteiger partial charge on any atom is -0.872 e. The number of carbonyl (C=O) groups excluding carboxylic acids is 2. The normalized spacial score (nSPS) is 21.9. The molecule has 2 heterocycles. The Morgan fingerprint density at radius 3 is 2.40 bits per heavy atom. The van der Waals surface area contributed by atoms with E-state index in [0.717, 1.165) is 30.8 Å². The second-order valence-corrected chi connectivity index (χ2v) is 7.86. The number of aryl methyl sites for hydroxylation is 1. The quantitative estimate of drug-likeness (QED) is 0.435. The third-order valence-corrected chi connectivity index (χ3v) is 5.86. The summed E-state index contributed by atoms with van der Waals surface area (Å²) < 4.78 is 5.40. The van der Waals surface area contributed by atoms with Gasteiger partial charge in [0, 0.05) is 5.57 Å². The van der Waals surface area contributed by atoms with E-state index in [4.69, 9.17) is 4.74 Å². The maximum Gasteiger partial charge on any atom is 0.295 e. The van der Waals surface area contributed by atoms with Gasteiger partial charge in [-0.1, -0.05) is 65.9 Å². The lowest BCUT2D eigenvalue weighted by atomic mass is 9.95. The van der Waals surface area contributed by atoms with Crippen LogP contribution in [0.15, 0.2) is 60.2 Å². The fourth-order valence-electron chi connectivity index (χ4n) is 4.13. The molecule has 2 aliphatic heterocycles. The number of morpholine rings is 1. The fraction of sp³-hybridized carbons (Fsp3) is 0.333. The Morgan fingerprint density at radius 1 is 1.07 bits per heavy atom. The Kier molecular flexibility index (Phi) is 5.97. The molecule has 1 N–H and O–H groups in total. The molecular weight excluding hydrogens is 380 g/mol. The maximum atomic E-state index is 13.3. The summed E-state index contributed by atoms with van der Waals surface area (Å²) in [6.07, 6.45) is 0. The Hall–Kier alpha value is -2.96. The van der Waals surface area contributed by atoms with E-state index < -0.39 is 17.7 Å². The van der Waals surface area contributed by atoms with E-state index in [1.54, 1.807) is 17.0 Å². The molecule has 30 heavy (non-hydrogen) atoms. The molecule has 0 radical (unpaired) electrons. The van der Waals surface area contributed by atoms with Crippen LogP contribution in [0, 0.1) is 6.92 Å². The minimum absolute atomic E-state index is 0.0482. The Bertz CT molecular complexity index is 947. The van der Waals surface area contributed by atoms with Crippen LogP contribution in [0.5, 0.6) is 0 Å². The van der Waals surface area contributed by atoms with Gasteiger partial charge in [0.15, 0.2) is 0 Å². The lowest BCUT2D eigenvalue weighted by Gasteiger charge is -2.30. The molecule has 1 amide bonds. The highest BCUT2D eigenvalue weighted by Gasteiger charge is 2.44. The number of hydrogen-bond donors (Lipinski definition) is 1. The summed E-state index contributed by atoms with van der Waals surface area (Å²) >= 11 is 0. The number of Topliss-reactive ketones (excluding diaryl/α,β-unsaturated/α-hetero) is 1. The van der Waals surface area contributed by atoms with E-state index in [1.165, 1.54) is 4.90 Å². The Morgan fingerprint density at radius 2 is 1.73 bits per heavy atom. The van der Waals surface area contributed by atoms with Crippen molar-refractivity contribution >= 4 is 17.4 Å². The summed E-state index contributed by atoms with van der Waals surface area (Å²) in [4.78, 5) is 28.8. The molecule has 4 rings (SSSR count). The van der Waals surface area contributed by atoms with Crippen LogP contribution in [0.4, 0.5) is 0 Å². The van der Waals surface area contributed by atoms with Crippen molar-refractivity contribution in [2.75, 3.05) is 39.4 Å². The zero-order valence-corrected chi connectivity index (χ0v) is 17.1. The maximum absolute atomic E-state index is 13.3. The molecule has 1 unspecified atom stereocenters. The third-order valence-electron chi connectivity index (χ3n) is 5.86. The van der Waals surface area contributed by atoms with Crippen LogP contribution in [0.3, 0.4) is 0 Å². The molecule has 0 saturated carbocycles. The third kappa shape index (κ3) is 4.01.